The molecule has 0 aromatic carbocycles. The van der Waals surface area contributed by atoms with Gasteiger partial charge in [0.05, 0.1) is 25.2 Å². The van der Waals surface area contributed by atoms with Crippen molar-refractivity contribution >= 4 is 11.9 Å². The number of esters is 1. The van der Waals surface area contributed by atoms with E-state index in [-0.39, 0.29) is 24.9 Å². The number of allylic oxidation sites excluding steroid dienone is 4. The minimum absolute atomic E-state index is 0.0769. The van der Waals surface area contributed by atoms with Gasteiger partial charge in [-0.1, -0.05) is 218 Å². The fourth-order valence-corrected chi connectivity index (χ4v) is 7.70. The van der Waals surface area contributed by atoms with Crippen LogP contribution < -0.4 is 5.32 Å². The number of unbranched alkanes of at least 4 members (excludes halogenated alkanes) is 29. The first-order chi connectivity index (χ1) is 28.0. The topological polar surface area (TPSA) is 95.9 Å². The standard InChI is InChI=1S/C51H97NO5/c1-4-7-10-13-16-19-21-23-24-25-26-27-28-31-33-36-39-42-47(57-51(56)44-41-38-35-30-18-15-12-9-6-3)45-50(55)52-48(46-53)49(54)43-40-37-34-32-29-22-20-17-14-11-8-5-2/h16,19,23-24,47-49,53-54H,4-15,17-18,20-22,25-46H2,1-3H3,(H,52,55)/b19-16-,24-23-. The minimum atomic E-state index is -0.784. The van der Waals surface area contributed by atoms with E-state index >= 15 is 0 Å². The van der Waals surface area contributed by atoms with E-state index < -0.39 is 18.2 Å². The lowest BCUT2D eigenvalue weighted by Crippen LogP contribution is -2.46. The van der Waals surface area contributed by atoms with Gasteiger partial charge in [0.25, 0.3) is 0 Å². The Kier molecular flexibility index (Phi) is 44.1. The summed E-state index contributed by atoms with van der Waals surface area (Å²) < 4.78 is 5.91. The number of carbonyl (C=O) groups excluding carboxylic acids is 2. The largest absolute Gasteiger partial charge is 0.462 e. The number of nitrogens with one attached hydrogen (secondary N) is 1. The molecule has 0 aliphatic carbocycles. The zero-order valence-electron chi connectivity index (χ0n) is 38.2. The molecule has 0 spiro atoms. The third-order valence-electron chi connectivity index (χ3n) is 11.5. The van der Waals surface area contributed by atoms with Crippen molar-refractivity contribution in [3.8, 4) is 0 Å². The molecular formula is C51H97NO5. The van der Waals surface area contributed by atoms with Gasteiger partial charge >= 0.3 is 5.97 Å². The average Bonchev–Trinajstić information content (AvgIpc) is 3.20. The third kappa shape index (κ3) is 40.9. The van der Waals surface area contributed by atoms with Gasteiger partial charge in [-0.05, 0) is 57.8 Å². The monoisotopic (exact) mass is 804 g/mol. The second-order valence-corrected chi connectivity index (χ2v) is 17.2. The van der Waals surface area contributed by atoms with Crippen LogP contribution in [-0.4, -0.2) is 46.9 Å². The van der Waals surface area contributed by atoms with Gasteiger partial charge in [-0.3, -0.25) is 9.59 Å². The van der Waals surface area contributed by atoms with Crippen molar-refractivity contribution in [2.24, 2.45) is 0 Å². The highest BCUT2D eigenvalue weighted by Gasteiger charge is 2.24. The Morgan fingerprint density at radius 1 is 0.509 bits per heavy atom. The van der Waals surface area contributed by atoms with E-state index in [1.54, 1.807) is 0 Å². The summed E-state index contributed by atoms with van der Waals surface area (Å²) in [6, 6.07) is -0.698. The van der Waals surface area contributed by atoms with E-state index in [0.29, 0.717) is 19.3 Å². The molecule has 0 aliphatic heterocycles. The van der Waals surface area contributed by atoms with Gasteiger partial charge < -0.3 is 20.3 Å². The normalized spacial score (nSPS) is 13.4. The van der Waals surface area contributed by atoms with E-state index in [1.807, 2.05) is 0 Å². The van der Waals surface area contributed by atoms with Crippen molar-refractivity contribution in [3.05, 3.63) is 24.3 Å². The molecule has 57 heavy (non-hydrogen) atoms. The molecule has 3 unspecified atom stereocenters. The molecule has 0 heterocycles. The number of aliphatic hydroxyl groups excluding tert-OH is 2. The molecule has 3 atom stereocenters. The number of ether oxygens (including phenoxy) is 1. The highest BCUT2D eigenvalue weighted by Crippen LogP contribution is 2.18. The molecule has 1 amide bonds. The summed E-state index contributed by atoms with van der Waals surface area (Å²) in [5, 5.41) is 23.7. The summed E-state index contributed by atoms with van der Waals surface area (Å²) in [5.41, 5.74) is 0. The van der Waals surface area contributed by atoms with E-state index in [2.05, 4.69) is 50.4 Å². The number of hydrogen-bond donors (Lipinski definition) is 3. The average molecular weight is 804 g/mol. The Morgan fingerprint density at radius 3 is 1.37 bits per heavy atom. The highest BCUT2D eigenvalue weighted by molar-refractivity contribution is 5.77. The van der Waals surface area contributed by atoms with Crippen LogP contribution in [-0.2, 0) is 14.3 Å². The zero-order chi connectivity index (χ0) is 41.7. The quantitative estimate of drug-likeness (QED) is 0.0324. The predicted molar refractivity (Wildman–Crippen MR) is 246 cm³/mol. The van der Waals surface area contributed by atoms with Gasteiger partial charge in [0.2, 0.25) is 5.91 Å². The van der Waals surface area contributed by atoms with Crippen LogP contribution in [0.25, 0.3) is 0 Å². The molecule has 6 nitrogen and oxygen atoms in total. The summed E-state index contributed by atoms with van der Waals surface area (Å²) in [4.78, 5) is 26.0. The molecule has 0 fully saturated rings. The maximum atomic E-state index is 13.2. The molecule has 0 aromatic heterocycles. The summed E-state index contributed by atoms with van der Waals surface area (Å²) in [7, 11) is 0. The van der Waals surface area contributed by atoms with E-state index in [1.165, 1.54) is 154 Å². The maximum Gasteiger partial charge on any atom is 0.306 e. The Balaban J connectivity index is 4.54. The van der Waals surface area contributed by atoms with Crippen LogP contribution in [0.15, 0.2) is 24.3 Å². The van der Waals surface area contributed by atoms with Gasteiger partial charge in [-0.2, -0.15) is 0 Å². The van der Waals surface area contributed by atoms with E-state index in [9.17, 15) is 19.8 Å². The SMILES string of the molecule is CCCCC/C=C\C/C=C\CCCCCCCCCC(CC(=O)NC(CO)C(O)CCCCCCCCCCCCCC)OC(=O)CCCCCCCCCCC. The van der Waals surface area contributed by atoms with Crippen molar-refractivity contribution in [1.82, 2.24) is 5.32 Å². The smallest absolute Gasteiger partial charge is 0.306 e. The molecule has 0 saturated carbocycles. The number of carbonyl (C=O) groups is 2. The Labute approximate surface area is 354 Å². The van der Waals surface area contributed by atoms with Crippen LogP contribution in [0.1, 0.15) is 265 Å². The Hall–Kier alpha value is -1.66. The van der Waals surface area contributed by atoms with Crippen molar-refractivity contribution < 1.29 is 24.5 Å². The predicted octanol–water partition coefficient (Wildman–Crippen LogP) is 14.7. The highest BCUT2D eigenvalue weighted by atomic mass is 16.5. The number of amides is 1. The summed E-state index contributed by atoms with van der Waals surface area (Å²) in [6.07, 6.45) is 50.9. The van der Waals surface area contributed by atoms with Crippen molar-refractivity contribution in [3.63, 3.8) is 0 Å². The number of hydrogen-bond acceptors (Lipinski definition) is 5. The molecule has 0 saturated heterocycles. The van der Waals surface area contributed by atoms with Crippen molar-refractivity contribution in [1.29, 1.82) is 0 Å². The maximum absolute atomic E-state index is 13.2. The van der Waals surface area contributed by atoms with Crippen molar-refractivity contribution in [2.45, 2.75) is 283 Å². The van der Waals surface area contributed by atoms with Crippen LogP contribution in [0.3, 0.4) is 0 Å². The summed E-state index contributed by atoms with van der Waals surface area (Å²) in [6.45, 7) is 6.44. The molecule has 6 heteroatoms. The molecule has 0 bridgehead atoms. The Morgan fingerprint density at radius 2 is 0.895 bits per heavy atom. The van der Waals surface area contributed by atoms with E-state index in [0.717, 1.165) is 64.2 Å². The van der Waals surface area contributed by atoms with Crippen LogP contribution in [0, 0.1) is 0 Å². The zero-order valence-corrected chi connectivity index (χ0v) is 38.2. The first kappa shape index (κ1) is 55.3. The minimum Gasteiger partial charge on any atom is -0.462 e. The van der Waals surface area contributed by atoms with Crippen molar-refractivity contribution in [2.75, 3.05) is 6.61 Å². The Bertz CT molecular complexity index is 904. The summed E-state index contributed by atoms with van der Waals surface area (Å²) in [5.74, 6) is -0.473. The fraction of sp³-hybridized carbons (Fsp3) is 0.882. The lowest BCUT2D eigenvalue weighted by molar-refractivity contribution is -0.151. The van der Waals surface area contributed by atoms with Crippen LogP contribution in [0.5, 0.6) is 0 Å². The first-order valence-electron chi connectivity index (χ1n) is 25.1. The molecule has 0 radical (unpaired) electrons. The van der Waals surface area contributed by atoms with Crippen LogP contribution in [0.4, 0.5) is 0 Å². The molecule has 3 N–H and O–H groups in total. The summed E-state index contributed by atoms with van der Waals surface area (Å²) >= 11 is 0. The van der Waals surface area contributed by atoms with Crippen LogP contribution >= 0.6 is 0 Å². The van der Waals surface area contributed by atoms with Gasteiger partial charge in [-0.15, -0.1) is 0 Å². The first-order valence-corrected chi connectivity index (χ1v) is 25.1. The second-order valence-electron chi connectivity index (χ2n) is 17.2. The third-order valence-corrected chi connectivity index (χ3v) is 11.5. The van der Waals surface area contributed by atoms with E-state index in [4.69, 9.17) is 4.74 Å². The van der Waals surface area contributed by atoms with Gasteiger partial charge in [-0.25, -0.2) is 0 Å². The van der Waals surface area contributed by atoms with Gasteiger partial charge in [0.1, 0.15) is 6.10 Å². The lowest BCUT2D eigenvalue weighted by Gasteiger charge is -2.24. The lowest BCUT2D eigenvalue weighted by atomic mass is 10.0. The van der Waals surface area contributed by atoms with Crippen LogP contribution in [0.2, 0.25) is 0 Å². The molecule has 0 aromatic rings. The molecule has 336 valence electrons. The molecule has 0 aliphatic rings. The fourth-order valence-electron chi connectivity index (χ4n) is 7.70. The molecule has 0 rings (SSSR count). The van der Waals surface area contributed by atoms with Gasteiger partial charge in [0, 0.05) is 6.42 Å². The van der Waals surface area contributed by atoms with Gasteiger partial charge in [0.15, 0.2) is 0 Å². The molecular weight excluding hydrogens is 707 g/mol. The second kappa shape index (κ2) is 45.4. The number of rotatable bonds is 45. The number of aliphatic hydroxyl groups is 2.